The van der Waals surface area contributed by atoms with E-state index in [-0.39, 0.29) is 0 Å². The Balaban J connectivity index is 1.55. The average Bonchev–Trinajstić information content (AvgIpc) is 3.25. The molecule has 1 aromatic heterocycles. The minimum atomic E-state index is -0.577. The Labute approximate surface area is 151 Å². The van der Waals surface area contributed by atoms with Crippen LogP contribution in [-0.4, -0.2) is 42.6 Å². The first kappa shape index (κ1) is 17.3. The molecule has 2 aromatic rings. The van der Waals surface area contributed by atoms with E-state index >= 15 is 0 Å². The number of thiophene rings is 1. The quantitative estimate of drug-likeness (QED) is 0.645. The fourth-order valence-electron chi connectivity index (χ4n) is 3.08. The molecule has 0 bridgehead atoms. The molecule has 0 spiro atoms. The van der Waals surface area contributed by atoms with Crippen molar-refractivity contribution in [3.63, 3.8) is 0 Å². The topological polar surface area (TPSA) is 47.9 Å². The first-order valence-electron chi connectivity index (χ1n) is 8.11. The number of halogens is 1. The smallest absolute Gasteiger partial charge is 0.193 e. The molecular weight excluding hydrogens is 342 g/mol. The van der Waals surface area contributed by atoms with Crippen molar-refractivity contribution in [2.45, 2.75) is 18.4 Å². The van der Waals surface area contributed by atoms with E-state index < -0.39 is 6.10 Å². The fourth-order valence-corrected chi connectivity index (χ4v) is 4.13. The average molecular weight is 364 g/mol. The highest BCUT2D eigenvalue weighted by Crippen LogP contribution is 2.28. The van der Waals surface area contributed by atoms with Crippen LogP contribution in [0.2, 0.25) is 4.34 Å². The summed E-state index contributed by atoms with van der Waals surface area (Å²) in [5.74, 6) is 1.38. The van der Waals surface area contributed by atoms with Gasteiger partial charge in [-0.2, -0.15) is 0 Å². The van der Waals surface area contributed by atoms with Crippen molar-refractivity contribution < 1.29 is 5.11 Å². The summed E-state index contributed by atoms with van der Waals surface area (Å²) in [5.41, 5.74) is 1.38. The zero-order valence-electron chi connectivity index (χ0n) is 13.7. The van der Waals surface area contributed by atoms with Crippen LogP contribution < -0.4 is 5.32 Å². The Kier molecular flexibility index (Phi) is 5.76. The maximum atomic E-state index is 10.3. The van der Waals surface area contributed by atoms with Crippen LogP contribution in [0.25, 0.3) is 0 Å². The van der Waals surface area contributed by atoms with Crippen LogP contribution in [0, 0.1) is 0 Å². The second-order valence-electron chi connectivity index (χ2n) is 5.93. The van der Waals surface area contributed by atoms with E-state index in [9.17, 15) is 5.11 Å². The summed E-state index contributed by atoms with van der Waals surface area (Å²) in [7, 11) is 1.78. The number of hydrogen-bond donors (Lipinski definition) is 2. The van der Waals surface area contributed by atoms with E-state index in [4.69, 9.17) is 11.6 Å². The zero-order chi connectivity index (χ0) is 16.9. The summed E-state index contributed by atoms with van der Waals surface area (Å²) in [6.07, 6.45) is 0.542. The van der Waals surface area contributed by atoms with Crippen molar-refractivity contribution in [1.29, 1.82) is 0 Å². The minimum Gasteiger partial charge on any atom is -0.386 e. The Morgan fingerprint density at radius 1 is 1.38 bits per heavy atom. The highest BCUT2D eigenvalue weighted by Gasteiger charge is 2.26. The summed E-state index contributed by atoms with van der Waals surface area (Å²) in [6.45, 7) is 2.35. The van der Waals surface area contributed by atoms with E-state index in [0.29, 0.717) is 16.8 Å². The number of aliphatic hydroxyl groups excluding tert-OH is 1. The highest BCUT2D eigenvalue weighted by molar-refractivity contribution is 7.16. The maximum Gasteiger partial charge on any atom is 0.193 e. The molecule has 1 aliphatic rings. The molecule has 0 radical (unpaired) electrons. The van der Waals surface area contributed by atoms with Gasteiger partial charge in [0.2, 0.25) is 0 Å². The van der Waals surface area contributed by atoms with Gasteiger partial charge < -0.3 is 15.3 Å². The van der Waals surface area contributed by atoms with Gasteiger partial charge in [-0.05, 0) is 24.1 Å². The molecule has 6 heteroatoms. The minimum absolute atomic E-state index is 0.427. The van der Waals surface area contributed by atoms with Crippen molar-refractivity contribution in [2.75, 3.05) is 26.7 Å². The zero-order valence-corrected chi connectivity index (χ0v) is 15.2. The number of aliphatic hydroxyl groups is 1. The standard InChI is InChI=1S/C18H22ClN3OS/c1-20-18(21-11-15(23)16-7-8-17(19)24-16)22-10-9-14(12-22)13-5-3-2-4-6-13/h2-8,14-15,23H,9-12H2,1H3,(H,20,21). The third kappa shape index (κ3) is 4.09. The molecule has 1 aliphatic heterocycles. The van der Waals surface area contributed by atoms with Gasteiger partial charge in [0.1, 0.15) is 6.10 Å². The number of likely N-dealkylation sites (tertiary alicyclic amines) is 1. The monoisotopic (exact) mass is 363 g/mol. The molecule has 1 fully saturated rings. The number of nitrogens with one attached hydrogen (secondary N) is 1. The van der Waals surface area contributed by atoms with Crippen molar-refractivity contribution in [1.82, 2.24) is 10.2 Å². The Hall–Kier alpha value is -1.56. The van der Waals surface area contributed by atoms with Crippen LogP contribution in [0.15, 0.2) is 47.5 Å². The predicted octanol–water partition coefficient (Wildman–Crippen LogP) is 3.50. The van der Waals surface area contributed by atoms with Crippen LogP contribution in [0.5, 0.6) is 0 Å². The van der Waals surface area contributed by atoms with Gasteiger partial charge in [-0.3, -0.25) is 4.99 Å². The molecule has 0 saturated carbocycles. The Morgan fingerprint density at radius 2 is 2.17 bits per heavy atom. The van der Waals surface area contributed by atoms with Gasteiger partial charge in [-0.15, -0.1) is 11.3 Å². The number of aliphatic imine (C=N–C) groups is 1. The Morgan fingerprint density at radius 3 is 2.83 bits per heavy atom. The number of benzene rings is 1. The SMILES string of the molecule is CN=C(NCC(O)c1ccc(Cl)s1)N1CCC(c2ccccc2)C1. The summed E-state index contributed by atoms with van der Waals surface area (Å²) in [4.78, 5) is 7.49. The van der Waals surface area contributed by atoms with Crippen molar-refractivity contribution in [3.05, 3.63) is 57.2 Å². The lowest BCUT2D eigenvalue weighted by Gasteiger charge is -2.23. The lowest BCUT2D eigenvalue weighted by molar-refractivity contribution is 0.183. The molecule has 2 atom stereocenters. The van der Waals surface area contributed by atoms with Crippen LogP contribution in [0.4, 0.5) is 0 Å². The third-order valence-corrected chi connectivity index (χ3v) is 5.68. The molecule has 0 amide bonds. The highest BCUT2D eigenvalue weighted by atomic mass is 35.5. The van der Waals surface area contributed by atoms with Crippen molar-refractivity contribution >= 4 is 28.9 Å². The normalized spacial score (nSPS) is 19.5. The number of nitrogens with zero attached hydrogens (tertiary/aromatic N) is 2. The second-order valence-corrected chi connectivity index (χ2v) is 7.67. The number of rotatable bonds is 4. The molecule has 128 valence electrons. The molecule has 1 aromatic carbocycles. The first-order chi connectivity index (χ1) is 11.7. The van der Waals surface area contributed by atoms with E-state index in [1.165, 1.54) is 16.9 Å². The molecule has 2 unspecified atom stereocenters. The largest absolute Gasteiger partial charge is 0.386 e. The van der Waals surface area contributed by atoms with Gasteiger partial charge in [-0.25, -0.2) is 0 Å². The van der Waals surface area contributed by atoms with Gasteiger partial charge in [0.25, 0.3) is 0 Å². The molecule has 1 saturated heterocycles. The lowest BCUT2D eigenvalue weighted by atomic mass is 9.99. The van der Waals surface area contributed by atoms with Crippen LogP contribution in [0.1, 0.15) is 28.9 Å². The van der Waals surface area contributed by atoms with Crippen LogP contribution in [0.3, 0.4) is 0 Å². The summed E-state index contributed by atoms with van der Waals surface area (Å²) in [5, 5.41) is 13.5. The summed E-state index contributed by atoms with van der Waals surface area (Å²) in [6, 6.07) is 14.3. The molecule has 24 heavy (non-hydrogen) atoms. The predicted molar refractivity (Wildman–Crippen MR) is 101 cm³/mol. The maximum absolute atomic E-state index is 10.3. The van der Waals surface area contributed by atoms with Gasteiger partial charge in [-0.1, -0.05) is 41.9 Å². The third-order valence-electron chi connectivity index (χ3n) is 4.35. The van der Waals surface area contributed by atoms with Crippen molar-refractivity contribution in [2.24, 2.45) is 4.99 Å². The van der Waals surface area contributed by atoms with Gasteiger partial charge >= 0.3 is 0 Å². The van der Waals surface area contributed by atoms with E-state index in [1.54, 1.807) is 7.05 Å². The second kappa shape index (κ2) is 8.01. The van der Waals surface area contributed by atoms with Crippen LogP contribution >= 0.6 is 22.9 Å². The molecule has 3 rings (SSSR count). The fraction of sp³-hybridized carbons (Fsp3) is 0.389. The van der Waals surface area contributed by atoms with Gasteiger partial charge in [0, 0.05) is 37.5 Å². The van der Waals surface area contributed by atoms with E-state index in [1.807, 2.05) is 12.1 Å². The van der Waals surface area contributed by atoms with E-state index in [2.05, 4.69) is 45.5 Å². The van der Waals surface area contributed by atoms with Gasteiger partial charge in [0.15, 0.2) is 5.96 Å². The molecule has 0 aliphatic carbocycles. The molecule has 2 heterocycles. The molecule has 4 nitrogen and oxygen atoms in total. The van der Waals surface area contributed by atoms with Crippen molar-refractivity contribution in [3.8, 4) is 0 Å². The summed E-state index contributed by atoms with van der Waals surface area (Å²) >= 11 is 7.33. The molecular formula is C18H22ClN3OS. The first-order valence-corrected chi connectivity index (χ1v) is 9.30. The van der Waals surface area contributed by atoms with E-state index in [0.717, 1.165) is 30.3 Å². The van der Waals surface area contributed by atoms with Gasteiger partial charge in [0.05, 0.1) is 4.34 Å². The number of guanidine groups is 1. The summed E-state index contributed by atoms with van der Waals surface area (Å²) < 4.78 is 0.693. The lowest BCUT2D eigenvalue weighted by Crippen LogP contribution is -2.41. The Bertz CT molecular complexity index is 689. The molecule has 2 N–H and O–H groups in total. The van der Waals surface area contributed by atoms with Crippen LogP contribution in [-0.2, 0) is 0 Å². The number of hydrogen-bond acceptors (Lipinski definition) is 3.